The van der Waals surface area contributed by atoms with Crippen LogP contribution < -0.4 is 5.32 Å². The van der Waals surface area contributed by atoms with E-state index in [1.54, 1.807) is 0 Å². The van der Waals surface area contributed by atoms with Gasteiger partial charge in [-0.1, -0.05) is 6.92 Å². The number of carboxylic acids is 1. The lowest BCUT2D eigenvalue weighted by molar-refractivity contribution is -0.196. The van der Waals surface area contributed by atoms with Crippen LogP contribution in [-0.4, -0.2) is 54.7 Å². The smallest absolute Gasteiger partial charge is 0.403 e. The Morgan fingerprint density at radius 1 is 1.39 bits per heavy atom. The second-order valence-corrected chi connectivity index (χ2v) is 3.98. The van der Waals surface area contributed by atoms with Crippen LogP contribution in [0.2, 0.25) is 0 Å². The molecule has 1 amide bonds. The summed E-state index contributed by atoms with van der Waals surface area (Å²) in [5, 5.41) is 11.0. The molecule has 5 nitrogen and oxygen atoms in total. The van der Waals surface area contributed by atoms with Gasteiger partial charge >= 0.3 is 12.1 Å². The van der Waals surface area contributed by atoms with Gasteiger partial charge in [0.05, 0.1) is 6.54 Å². The predicted molar refractivity (Wildman–Crippen MR) is 58.0 cm³/mol. The molecular weight excluding hydrogens is 253 g/mol. The van der Waals surface area contributed by atoms with E-state index in [1.165, 1.54) is 7.05 Å². The molecule has 0 spiro atoms. The molecule has 0 aromatic carbocycles. The first-order chi connectivity index (χ1) is 8.18. The number of amides is 1. The zero-order valence-corrected chi connectivity index (χ0v) is 10.3. The third-order valence-corrected chi connectivity index (χ3v) is 2.17. The summed E-state index contributed by atoms with van der Waals surface area (Å²) >= 11 is 0. The summed E-state index contributed by atoms with van der Waals surface area (Å²) in [5.41, 5.74) is 0. The molecule has 0 rings (SSSR count). The van der Waals surface area contributed by atoms with Gasteiger partial charge in [-0.2, -0.15) is 13.2 Å². The molecule has 2 N–H and O–H groups in total. The Morgan fingerprint density at radius 2 is 1.94 bits per heavy atom. The van der Waals surface area contributed by atoms with E-state index in [1.807, 2.05) is 6.92 Å². The maximum Gasteiger partial charge on any atom is 0.403 e. The molecule has 0 aromatic heterocycles. The Balaban J connectivity index is 4.31. The summed E-state index contributed by atoms with van der Waals surface area (Å²) in [6.07, 6.45) is -4.10. The van der Waals surface area contributed by atoms with Gasteiger partial charge in [0.2, 0.25) is 5.91 Å². The van der Waals surface area contributed by atoms with E-state index < -0.39 is 30.5 Å². The number of likely N-dealkylation sites (N-methyl/N-ethyl adjacent to an activating group) is 1. The van der Waals surface area contributed by atoms with Gasteiger partial charge in [-0.05, 0) is 13.5 Å². The van der Waals surface area contributed by atoms with Crippen LogP contribution >= 0.6 is 0 Å². The van der Waals surface area contributed by atoms with Gasteiger partial charge in [0.15, 0.2) is 5.92 Å². The number of hydrogen-bond donors (Lipinski definition) is 2. The van der Waals surface area contributed by atoms with E-state index in [9.17, 15) is 22.8 Å². The van der Waals surface area contributed by atoms with Gasteiger partial charge in [0.25, 0.3) is 0 Å². The van der Waals surface area contributed by atoms with Crippen LogP contribution in [0.1, 0.15) is 13.3 Å². The topological polar surface area (TPSA) is 69.6 Å². The van der Waals surface area contributed by atoms with Crippen molar-refractivity contribution in [2.45, 2.75) is 19.5 Å². The standard InChI is InChI=1S/C10H17F3N2O3/c1-3-4-14-8(16)6-15(2)5-7(9(17)18)10(11,12)13/h7H,3-6H2,1-2H3,(H,14,16)(H,17,18). The summed E-state index contributed by atoms with van der Waals surface area (Å²) in [6, 6.07) is 0. The van der Waals surface area contributed by atoms with E-state index in [4.69, 9.17) is 5.11 Å². The molecular formula is C10H17F3N2O3. The molecule has 0 radical (unpaired) electrons. The van der Waals surface area contributed by atoms with Crippen molar-refractivity contribution < 1.29 is 27.9 Å². The van der Waals surface area contributed by atoms with Crippen LogP contribution in [0.3, 0.4) is 0 Å². The van der Waals surface area contributed by atoms with Crippen LogP contribution in [0.25, 0.3) is 0 Å². The minimum absolute atomic E-state index is 0.264. The first kappa shape index (κ1) is 16.7. The minimum atomic E-state index is -4.82. The van der Waals surface area contributed by atoms with Crippen LogP contribution in [0.4, 0.5) is 13.2 Å². The number of nitrogens with zero attached hydrogens (tertiary/aromatic N) is 1. The Kier molecular flexibility index (Phi) is 6.67. The first-order valence-electron chi connectivity index (χ1n) is 5.43. The number of carbonyl (C=O) groups is 2. The highest BCUT2D eigenvalue weighted by atomic mass is 19.4. The van der Waals surface area contributed by atoms with Crippen LogP contribution in [0, 0.1) is 5.92 Å². The molecule has 0 fully saturated rings. The Morgan fingerprint density at radius 3 is 2.33 bits per heavy atom. The zero-order chi connectivity index (χ0) is 14.3. The number of aliphatic carboxylic acids is 1. The van der Waals surface area contributed by atoms with E-state index in [0.29, 0.717) is 6.54 Å². The Labute approximate surface area is 103 Å². The monoisotopic (exact) mass is 270 g/mol. The van der Waals surface area contributed by atoms with Crippen LogP contribution in [0.5, 0.6) is 0 Å². The molecule has 8 heteroatoms. The number of halogens is 3. The third-order valence-electron chi connectivity index (χ3n) is 2.17. The van der Waals surface area contributed by atoms with Gasteiger partial charge < -0.3 is 10.4 Å². The van der Waals surface area contributed by atoms with Crippen LogP contribution in [-0.2, 0) is 9.59 Å². The van der Waals surface area contributed by atoms with E-state index >= 15 is 0 Å². The summed E-state index contributed by atoms with van der Waals surface area (Å²) < 4.78 is 37.1. The molecule has 0 bridgehead atoms. The van der Waals surface area contributed by atoms with Crippen LogP contribution in [0.15, 0.2) is 0 Å². The fourth-order valence-electron chi connectivity index (χ4n) is 1.26. The normalized spacial score (nSPS) is 13.4. The van der Waals surface area contributed by atoms with Gasteiger partial charge in [0.1, 0.15) is 0 Å². The van der Waals surface area contributed by atoms with Crippen molar-refractivity contribution in [3.05, 3.63) is 0 Å². The zero-order valence-electron chi connectivity index (χ0n) is 10.3. The molecule has 106 valence electrons. The lowest BCUT2D eigenvalue weighted by Gasteiger charge is -2.22. The summed E-state index contributed by atoms with van der Waals surface area (Å²) in [4.78, 5) is 22.8. The largest absolute Gasteiger partial charge is 0.481 e. The van der Waals surface area contributed by atoms with Crippen molar-refractivity contribution in [3.63, 3.8) is 0 Å². The highest BCUT2D eigenvalue weighted by molar-refractivity contribution is 5.78. The van der Waals surface area contributed by atoms with Crippen molar-refractivity contribution in [2.75, 3.05) is 26.7 Å². The van der Waals surface area contributed by atoms with Gasteiger partial charge in [-0.25, -0.2) is 0 Å². The Bertz CT molecular complexity index is 295. The van der Waals surface area contributed by atoms with Crippen molar-refractivity contribution in [2.24, 2.45) is 5.92 Å². The molecule has 0 aliphatic heterocycles. The molecule has 0 saturated heterocycles. The van der Waals surface area contributed by atoms with E-state index in [2.05, 4.69) is 5.32 Å². The first-order valence-corrected chi connectivity index (χ1v) is 5.43. The average molecular weight is 270 g/mol. The summed E-state index contributed by atoms with van der Waals surface area (Å²) in [5.74, 6) is -4.85. The summed E-state index contributed by atoms with van der Waals surface area (Å²) in [6.45, 7) is 1.26. The number of nitrogens with one attached hydrogen (secondary N) is 1. The molecule has 0 aliphatic rings. The second-order valence-electron chi connectivity index (χ2n) is 3.98. The third kappa shape index (κ3) is 6.43. The maximum atomic E-state index is 12.4. The van der Waals surface area contributed by atoms with Crippen molar-refractivity contribution in [1.82, 2.24) is 10.2 Å². The molecule has 1 unspecified atom stereocenters. The molecule has 1 atom stereocenters. The van der Waals surface area contributed by atoms with Gasteiger partial charge in [-0.15, -0.1) is 0 Å². The number of alkyl halides is 3. The Hall–Kier alpha value is -1.31. The molecule has 0 aliphatic carbocycles. The lowest BCUT2D eigenvalue weighted by atomic mass is 10.1. The second kappa shape index (κ2) is 7.20. The SMILES string of the molecule is CCCNC(=O)CN(C)CC(C(=O)O)C(F)(F)F. The number of carbonyl (C=O) groups excluding carboxylic acids is 1. The quantitative estimate of drug-likeness (QED) is 0.714. The van der Waals surface area contributed by atoms with Crippen molar-refractivity contribution in [1.29, 1.82) is 0 Å². The molecule has 18 heavy (non-hydrogen) atoms. The molecule has 0 heterocycles. The summed E-state index contributed by atoms with van der Waals surface area (Å²) in [7, 11) is 1.27. The number of carboxylic acid groups (broad SMARTS) is 1. The fourth-order valence-corrected chi connectivity index (χ4v) is 1.26. The average Bonchev–Trinajstić information content (AvgIpc) is 2.21. The van der Waals surface area contributed by atoms with Gasteiger partial charge in [-0.3, -0.25) is 14.5 Å². The molecule has 0 aromatic rings. The predicted octanol–water partition coefficient (Wildman–Crippen LogP) is 0.707. The maximum absolute atomic E-state index is 12.4. The van der Waals surface area contributed by atoms with E-state index in [0.717, 1.165) is 11.3 Å². The van der Waals surface area contributed by atoms with Crippen molar-refractivity contribution >= 4 is 11.9 Å². The number of rotatable bonds is 7. The van der Waals surface area contributed by atoms with Crippen molar-refractivity contribution in [3.8, 4) is 0 Å². The van der Waals surface area contributed by atoms with Gasteiger partial charge in [0, 0.05) is 13.1 Å². The fraction of sp³-hybridized carbons (Fsp3) is 0.800. The molecule has 0 saturated carbocycles. The number of hydrogen-bond acceptors (Lipinski definition) is 3. The minimum Gasteiger partial charge on any atom is -0.481 e. The van der Waals surface area contributed by atoms with E-state index in [-0.39, 0.29) is 6.54 Å². The highest BCUT2D eigenvalue weighted by Crippen LogP contribution is 2.26. The lowest BCUT2D eigenvalue weighted by Crippen LogP contribution is -2.43. The highest BCUT2D eigenvalue weighted by Gasteiger charge is 2.45.